The van der Waals surface area contributed by atoms with E-state index in [1.807, 2.05) is 18.8 Å². The predicted molar refractivity (Wildman–Crippen MR) is 68.0 cm³/mol. The van der Waals surface area contributed by atoms with Gasteiger partial charge in [0, 0.05) is 15.4 Å². The second-order valence-corrected chi connectivity index (χ2v) is 5.36. The number of nitrogens with one attached hydrogen (secondary N) is 1. The molecule has 0 aliphatic carbocycles. The summed E-state index contributed by atoms with van der Waals surface area (Å²) < 4.78 is 1.14. The molecule has 3 heteroatoms. The van der Waals surface area contributed by atoms with Gasteiger partial charge >= 0.3 is 0 Å². The van der Waals surface area contributed by atoms with Crippen molar-refractivity contribution in [2.75, 3.05) is 12.8 Å². The SMILES string of the molecule is CNC(C)CCSc1ccc(Br)cc1. The largest absolute Gasteiger partial charge is 0.317 e. The summed E-state index contributed by atoms with van der Waals surface area (Å²) in [4.78, 5) is 1.34. The summed E-state index contributed by atoms with van der Waals surface area (Å²) in [6.07, 6.45) is 1.21. The maximum absolute atomic E-state index is 3.43. The minimum atomic E-state index is 0.609. The molecule has 0 fully saturated rings. The first kappa shape index (κ1) is 12.1. The number of benzene rings is 1. The lowest BCUT2D eigenvalue weighted by Crippen LogP contribution is -2.21. The van der Waals surface area contributed by atoms with Crippen LogP contribution in [0.2, 0.25) is 0 Å². The van der Waals surface area contributed by atoms with E-state index in [1.165, 1.54) is 17.1 Å². The molecule has 14 heavy (non-hydrogen) atoms. The van der Waals surface area contributed by atoms with Crippen LogP contribution in [-0.2, 0) is 0 Å². The molecule has 78 valence electrons. The lowest BCUT2D eigenvalue weighted by molar-refractivity contribution is 0.598. The quantitative estimate of drug-likeness (QED) is 0.824. The standard InChI is InChI=1S/C11H16BrNS/c1-9(13-2)7-8-14-11-5-3-10(12)4-6-11/h3-6,9,13H,7-8H2,1-2H3. The van der Waals surface area contributed by atoms with Crippen LogP contribution < -0.4 is 5.32 Å². The zero-order valence-electron chi connectivity index (χ0n) is 8.59. The zero-order valence-corrected chi connectivity index (χ0v) is 11.0. The number of thioether (sulfide) groups is 1. The Morgan fingerprint density at radius 2 is 2.00 bits per heavy atom. The fourth-order valence-electron chi connectivity index (χ4n) is 1.03. The first-order chi connectivity index (χ1) is 6.72. The zero-order chi connectivity index (χ0) is 10.4. The van der Waals surface area contributed by atoms with Crippen LogP contribution in [-0.4, -0.2) is 18.8 Å². The normalized spacial score (nSPS) is 12.8. The van der Waals surface area contributed by atoms with Gasteiger partial charge in [0.1, 0.15) is 0 Å². The number of hydrogen-bond donors (Lipinski definition) is 1. The molecule has 1 nitrogen and oxygen atoms in total. The van der Waals surface area contributed by atoms with Gasteiger partial charge in [0.15, 0.2) is 0 Å². The Labute approximate surface area is 98.8 Å². The van der Waals surface area contributed by atoms with Crippen LogP contribution in [0.5, 0.6) is 0 Å². The van der Waals surface area contributed by atoms with Gasteiger partial charge in [-0.3, -0.25) is 0 Å². The minimum absolute atomic E-state index is 0.609. The van der Waals surface area contributed by atoms with E-state index in [-0.39, 0.29) is 0 Å². The van der Waals surface area contributed by atoms with E-state index in [0.717, 1.165) is 4.47 Å². The molecular weight excluding hydrogens is 258 g/mol. The summed E-state index contributed by atoms with van der Waals surface area (Å²) in [5.41, 5.74) is 0. The van der Waals surface area contributed by atoms with E-state index in [1.54, 1.807) is 0 Å². The van der Waals surface area contributed by atoms with Gasteiger partial charge in [-0.25, -0.2) is 0 Å². The van der Waals surface area contributed by atoms with Crippen LogP contribution in [0.1, 0.15) is 13.3 Å². The van der Waals surface area contributed by atoms with Crippen molar-refractivity contribution in [2.24, 2.45) is 0 Å². The monoisotopic (exact) mass is 273 g/mol. The van der Waals surface area contributed by atoms with Gasteiger partial charge in [-0.15, -0.1) is 11.8 Å². The summed E-state index contributed by atoms with van der Waals surface area (Å²) in [6, 6.07) is 9.09. The van der Waals surface area contributed by atoms with Gasteiger partial charge in [-0.05, 0) is 50.4 Å². The average Bonchev–Trinajstić information content (AvgIpc) is 2.21. The summed E-state index contributed by atoms with van der Waals surface area (Å²) >= 11 is 5.34. The lowest BCUT2D eigenvalue weighted by Gasteiger charge is -2.08. The van der Waals surface area contributed by atoms with E-state index in [0.29, 0.717) is 6.04 Å². The maximum Gasteiger partial charge on any atom is 0.0176 e. The van der Waals surface area contributed by atoms with Crippen molar-refractivity contribution < 1.29 is 0 Å². The second kappa shape index (κ2) is 6.49. The number of rotatable bonds is 5. The summed E-state index contributed by atoms with van der Waals surface area (Å²) in [7, 11) is 2.01. The van der Waals surface area contributed by atoms with Gasteiger partial charge in [0.05, 0.1) is 0 Å². The van der Waals surface area contributed by atoms with Gasteiger partial charge in [-0.1, -0.05) is 15.9 Å². The third-order valence-corrected chi connectivity index (χ3v) is 3.70. The van der Waals surface area contributed by atoms with Crippen LogP contribution in [0, 0.1) is 0 Å². The average molecular weight is 274 g/mol. The third-order valence-electron chi connectivity index (χ3n) is 2.13. The Hall–Kier alpha value is 0.01000. The van der Waals surface area contributed by atoms with Crippen molar-refractivity contribution in [3.8, 4) is 0 Å². The molecule has 0 aliphatic rings. The number of hydrogen-bond acceptors (Lipinski definition) is 2. The molecular formula is C11H16BrNS. The van der Waals surface area contributed by atoms with Crippen molar-refractivity contribution >= 4 is 27.7 Å². The molecule has 1 N–H and O–H groups in total. The van der Waals surface area contributed by atoms with Gasteiger partial charge in [-0.2, -0.15) is 0 Å². The molecule has 0 saturated heterocycles. The van der Waals surface area contributed by atoms with E-state index in [2.05, 4.69) is 52.4 Å². The minimum Gasteiger partial charge on any atom is -0.317 e. The highest BCUT2D eigenvalue weighted by atomic mass is 79.9. The molecule has 1 aromatic carbocycles. The molecule has 0 amide bonds. The highest BCUT2D eigenvalue weighted by molar-refractivity contribution is 9.10. The van der Waals surface area contributed by atoms with Crippen LogP contribution in [0.25, 0.3) is 0 Å². The van der Waals surface area contributed by atoms with Crippen LogP contribution in [0.3, 0.4) is 0 Å². The number of halogens is 1. The highest BCUT2D eigenvalue weighted by Gasteiger charge is 1.98. The van der Waals surface area contributed by atoms with Crippen LogP contribution in [0.4, 0.5) is 0 Å². The first-order valence-electron chi connectivity index (χ1n) is 4.78. The Kier molecular flexibility index (Phi) is 5.60. The smallest absolute Gasteiger partial charge is 0.0176 e. The van der Waals surface area contributed by atoms with Gasteiger partial charge in [0.2, 0.25) is 0 Å². The molecule has 0 bridgehead atoms. The molecule has 1 unspecified atom stereocenters. The Morgan fingerprint density at radius 1 is 1.36 bits per heavy atom. The van der Waals surface area contributed by atoms with E-state index >= 15 is 0 Å². The molecule has 1 aromatic rings. The molecule has 1 rings (SSSR count). The fourth-order valence-corrected chi connectivity index (χ4v) is 2.33. The van der Waals surface area contributed by atoms with E-state index in [4.69, 9.17) is 0 Å². The fraction of sp³-hybridized carbons (Fsp3) is 0.455. The molecule has 0 aliphatic heterocycles. The summed E-state index contributed by atoms with van der Waals surface area (Å²) in [5, 5.41) is 3.24. The first-order valence-corrected chi connectivity index (χ1v) is 6.56. The van der Waals surface area contributed by atoms with Crippen molar-refractivity contribution in [1.29, 1.82) is 0 Å². The van der Waals surface area contributed by atoms with Crippen molar-refractivity contribution in [1.82, 2.24) is 5.32 Å². The van der Waals surface area contributed by atoms with Crippen molar-refractivity contribution in [3.05, 3.63) is 28.7 Å². The molecule has 1 atom stereocenters. The maximum atomic E-state index is 3.43. The van der Waals surface area contributed by atoms with E-state index < -0.39 is 0 Å². The van der Waals surface area contributed by atoms with Crippen molar-refractivity contribution in [2.45, 2.75) is 24.3 Å². The predicted octanol–water partition coefficient (Wildman–Crippen LogP) is 3.54. The van der Waals surface area contributed by atoms with Crippen LogP contribution >= 0.6 is 27.7 Å². The van der Waals surface area contributed by atoms with Crippen LogP contribution in [0.15, 0.2) is 33.6 Å². The van der Waals surface area contributed by atoms with Gasteiger partial charge < -0.3 is 5.32 Å². The lowest BCUT2D eigenvalue weighted by atomic mass is 10.3. The van der Waals surface area contributed by atoms with E-state index in [9.17, 15) is 0 Å². The Morgan fingerprint density at radius 3 is 2.57 bits per heavy atom. The topological polar surface area (TPSA) is 12.0 Å². The highest BCUT2D eigenvalue weighted by Crippen LogP contribution is 2.21. The van der Waals surface area contributed by atoms with Gasteiger partial charge in [0.25, 0.3) is 0 Å². The summed E-state index contributed by atoms with van der Waals surface area (Å²) in [6.45, 7) is 2.21. The Balaban J connectivity index is 2.28. The summed E-state index contributed by atoms with van der Waals surface area (Å²) in [5.74, 6) is 1.17. The second-order valence-electron chi connectivity index (χ2n) is 3.28. The molecule has 0 heterocycles. The molecule has 0 aromatic heterocycles. The van der Waals surface area contributed by atoms with Crippen molar-refractivity contribution in [3.63, 3.8) is 0 Å². The Bertz CT molecular complexity index is 260. The molecule has 0 saturated carbocycles. The molecule has 0 spiro atoms. The molecule has 0 radical (unpaired) electrons. The third kappa shape index (κ3) is 4.49.